The van der Waals surface area contributed by atoms with Crippen molar-refractivity contribution in [3.63, 3.8) is 0 Å². The number of nitro groups is 1. The summed E-state index contributed by atoms with van der Waals surface area (Å²) < 4.78 is 5.23. The Balaban J connectivity index is 1.92. The van der Waals surface area contributed by atoms with E-state index in [1.807, 2.05) is 0 Å². The summed E-state index contributed by atoms with van der Waals surface area (Å²) in [4.78, 5) is 33.6. The van der Waals surface area contributed by atoms with Crippen LogP contribution in [0.5, 0.6) is 0 Å². The van der Waals surface area contributed by atoms with Crippen LogP contribution in [0.2, 0.25) is 5.02 Å². The van der Waals surface area contributed by atoms with Crippen molar-refractivity contribution < 1.29 is 24.4 Å². The number of ether oxygens (including phenoxy) is 1. The molecule has 1 unspecified atom stereocenters. The molecule has 1 aromatic carbocycles. The molecule has 1 heterocycles. The van der Waals surface area contributed by atoms with Crippen LogP contribution in [-0.2, 0) is 20.7 Å². The molecule has 1 aliphatic heterocycles. The molecule has 1 saturated heterocycles. The highest BCUT2D eigenvalue weighted by Crippen LogP contribution is 2.25. The Bertz CT molecular complexity index is 660. The van der Waals surface area contributed by atoms with Crippen LogP contribution >= 0.6 is 11.6 Å². The zero-order chi connectivity index (χ0) is 18.4. The fraction of sp³-hybridized carbons (Fsp3) is 0.500. The SMILES string of the molecule is O=C(Cc1ccc([N+](=O)[O-])cc1Cl)NCC(C(=O)O)C1CCOCC1. The first-order chi connectivity index (χ1) is 11.9. The molecule has 1 amide bonds. The number of non-ortho nitro benzene ring substituents is 1. The molecule has 1 aliphatic rings. The monoisotopic (exact) mass is 370 g/mol. The van der Waals surface area contributed by atoms with Crippen LogP contribution in [0.25, 0.3) is 0 Å². The number of carbonyl (C=O) groups is 2. The molecule has 9 heteroatoms. The van der Waals surface area contributed by atoms with Crippen molar-refractivity contribution in [2.24, 2.45) is 11.8 Å². The molecule has 2 rings (SSSR count). The van der Waals surface area contributed by atoms with Gasteiger partial charge in [-0.2, -0.15) is 0 Å². The Morgan fingerprint density at radius 1 is 1.40 bits per heavy atom. The third-order valence-corrected chi connectivity index (χ3v) is 4.62. The van der Waals surface area contributed by atoms with Gasteiger partial charge in [-0.25, -0.2) is 0 Å². The number of nitrogens with one attached hydrogen (secondary N) is 1. The maximum atomic E-state index is 12.1. The molecule has 0 aromatic heterocycles. The average Bonchev–Trinajstić information content (AvgIpc) is 2.57. The lowest BCUT2D eigenvalue weighted by Crippen LogP contribution is -2.39. The van der Waals surface area contributed by atoms with Gasteiger partial charge in [-0.3, -0.25) is 19.7 Å². The largest absolute Gasteiger partial charge is 0.481 e. The third-order valence-electron chi connectivity index (χ3n) is 4.27. The van der Waals surface area contributed by atoms with Gasteiger partial charge in [0.05, 0.1) is 22.3 Å². The van der Waals surface area contributed by atoms with Crippen LogP contribution in [-0.4, -0.2) is 41.7 Å². The van der Waals surface area contributed by atoms with E-state index in [1.165, 1.54) is 18.2 Å². The lowest BCUT2D eigenvalue weighted by atomic mass is 9.86. The second-order valence-electron chi connectivity index (χ2n) is 5.91. The molecule has 8 nitrogen and oxygen atoms in total. The number of halogens is 1. The van der Waals surface area contributed by atoms with Crippen LogP contribution in [0, 0.1) is 22.0 Å². The lowest BCUT2D eigenvalue weighted by molar-refractivity contribution is -0.384. The minimum absolute atomic E-state index is 0.0312. The van der Waals surface area contributed by atoms with Crippen molar-refractivity contribution in [1.29, 1.82) is 0 Å². The second kappa shape index (κ2) is 8.77. The van der Waals surface area contributed by atoms with E-state index in [1.54, 1.807) is 0 Å². The first-order valence-electron chi connectivity index (χ1n) is 7.88. The topological polar surface area (TPSA) is 119 Å². The molecule has 1 atom stereocenters. The number of hydrogen-bond donors (Lipinski definition) is 2. The van der Waals surface area contributed by atoms with E-state index in [0.29, 0.717) is 31.6 Å². The summed E-state index contributed by atoms with van der Waals surface area (Å²) in [5.41, 5.74) is 0.294. The predicted octanol–water partition coefficient (Wildman–Crippen LogP) is 2.03. The van der Waals surface area contributed by atoms with Gasteiger partial charge in [0.15, 0.2) is 0 Å². The highest BCUT2D eigenvalue weighted by Gasteiger charge is 2.30. The molecule has 2 N–H and O–H groups in total. The predicted molar refractivity (Wildman–Crippen MR) is 89.5 cm³/mol. The number of rotatable bonds is 7. The minimum Gasteiger partial charge on any atom is -0.481 e. The van der Waals surface area contributed by atoms with Gasteiger partial charge in [-0.1, -0.05) is 17.7 Å². The normalized spacial score (nSPS) is 16.2. The molecule has 0 bridgehead atoms. The van der Waals surface area contributed by atoms with Gasteiger partial charge >= 0.3 is 5.97 Å². The van der Waals surface area contributed by atoms with Gasteiger partial charge in [0.1, 0.15) is 0 Å². The zero-order valence-electron chi connectivity index (χ0n) is 13.4. The summed E-state index contributed by atoms with van der Waals surface area (Å²) in [5, 5.41) is 22.8. The van der Waals surface area contributed by atoms with Gasteiger partial charge in [0.2, 0.25) is 5.91 Å². The van der Waals surface area contributed by atoms with E-state index >= 15 is 0 Å². The van der Waals surface area contributed by atoms with E-state index < -0.39 is 16.8 Å². The average molecular weight is 371 g/mol. The van der Waals surface area contributed by atoms with E-state index in [0.717, 1.165) is 0 Å². The quantitative estimate of drug-likeness (QED) is 0.560. The Labute approximate surface area is 149 Å². The van der Waals surface area contributed by atoms with E-state index in [4.69, 9.17) is 16.3 Å². The number of carboxylic acids is 1. The number of nitrogens with zero attached hydrogens (tertiary/aromatic N) is 1. The summed E-state index contributed by atoms with van der Waals surface area (Å²) in [6.45, 7) is 1.09. The molecule has 25 heavy (non-hydrogen) atoms. The van der Waals surface area contributed by atoms with Crippen molar-refractivity contribution in [3.05, 3.63) is 38.9 Å². The van der Waals surface area contributed by atoms with Crippen LogP contribution < -0.4 is 5.32 Å². The Hall–Kier alpha value is -2.19. The first-order valence-corrected chi connectivity index (χ1v) is 8.26. The number of carboxylic acid groups (broad SMARTS) is 1. The number of benzene rings is 1. The van der Waals surface area contributed by atoms with Crippen LogP contribution in [0.1, 0.15) is 18.4 Å². The molecule has 0 aliphatic carbocycles. The third kappa shape index (κ3) is 5.40. The summed E-state index contributed by atoms with van der Waals surface area (Å²) in [6, 6.07) is 3.88. The molecule has 0 spiro atoms. The molecule has 0 radical (unpaired) electrons. The van der Waals surface area contributed by atoms with Crippen LogP contribution in [0.3, 0.4) is 0 Å². The molecule has 0 saturated carbocycles. The number of carbonyl (C=O) groups excluding carboxylic acids is 1. The van der Waals surface area contributed by atoms with Crippen molar-refractivity contribution in [1.82, 2.24) is 5.32 Å². The Morgan fingerprint density at radius 3 is 2.64 bits per heavy atom. The maximum absolute atomic E-state index is 12.1. The fourth-order valence-corrected chi connectivity index (χ4v) is 3.07. The Morgan fingerprint density at radius 2 is 2.08 bits per heavy atom. The number of amides is 1. The summed E-state index contributed by atoms with van der Waals surface area (Å²) in [5.74, 6) is -2.02. The standard InChI is InChI=1S/C16H19ClN2O6/c17-14-8-12(19(23)24)2-1-11(14)7-15(20)18-9-13(16(21)22)10-3-5-25-6-4-10/h1-2,8,10,13H,3-7,9H2,(H,18,20)(H,21,22). The number of aliphatic carboxylic acids is 1. The maximum Gasteiger partial charge on any atom is 0.308 e. The van der Waals surface area contributed by atoms with Crippen LogP contribution in [0.15, 0.2) is 18.2 Å². The molecular weight excluding hydrogens is 352 g/mol. The molecular formula is C16H19ClN2O6. The zero-order valence-corrected chi connectivity index (χ0v) is 14.2. The highest BCUT2D eigenvalue weighted by atomic mass is 35.5. The molecule has 136 valence electrons. The van der Waals surface area contributed by atoms with Crippen molar-refractivity contribution >= 4 is 29.2 Å². The van der Waals surface area contributed by atoms with Gasteiger partial charge in [-0.05, 0) is 24.3 Å². The Kier molecular flexibility index (Phi) is 6.72. The molecule has 1 fully saturated rings. The smallest absolute Gasteiger partial charge is 0.308 e. The van der Waals surface area contributed by atoms with Gasteiger partial charge in [-0.15, -0.1) is 0 Å². The second-order valence-corrected chi connectivity index (χ2v) is 6.32. The molecule has 1 aromatic rings. The summed E-state index contributed by atoms with van der Waals surface area (Å²) in [7, 11) is 0. The number of hydrogen-bond acceptors (Lipinski definition) is 5. The van der Waals surface area contributed by atoms with E-state index in [-0.39, 0.29) is 35.5 Å². The minimum atomic E-state index is -0.944. The first kappa shape index (κ1) is 19.1. The van der Waals surface area contributed by atoms with Crippen molar-refractivity contribution in [3.8, 4) is 0 Å². The summed E-state index contributed by atoms with van der Waals surface area (Å²) >= 11 is 5.96. The van der Waals surface area contributed by atoms with Crippen LogP contribution in [0.4, 0.5) is 5.69 Å². The van der Waals surface area contributed by atoms with Gasteiger partial charge in [0.25, 0.3) is 5.69 Å². The lowest BCUT2D eigenvalue weighted by Gasteiger charge is -2.27. The number of nitro benzene ring substituents is 1. The summed E-state index contributed by atoms with van der Waals surface area (Å²) in [6.07, 6.45) is 1.24. The van der Waals surface area contributed by atoms with E-state index in [9.17, 15) is 24.8 Å². The highest BCUT2D eigenvalue weighted by molar-refractivity contribution is 6.31. The van der Waals surface area contributed by atoms with E-state index in [2.05, 4.69) is 5.32 Å². The fourth-order valence-electron chi connectivity index (χ4n) is 2.83. The van der Waals surface area contributed by atoms with Crippen molar-refractivity contribution in [2.45, 2.75) is 19.3 Å². The van der Waals surface area contributed by atoms with Crippen molar-refractivity contribution in [2.75, 3.05) is 19.8 Å². The van der Waals surface area contributed by atoms with Gasteiger partial charge < -0.3 is 15.2 Å². The van der Waals surface area contributed by atoms with Gasteiger partial charge in [0, 0.05) is 31.9 Å².